The number of hydrogen-bond acceptors (Lipinski definition) is 2. The van der Waals surface area contributed by atoms with Crippen LogP contribution in [0.3, 0.4) is 0 Å². The monoisotopic (exact) mass is 253 g/mol. The SMILES string of the molecule is C[C@H](NCC1(O)CCCCC1)C1CCCCCC1. The van der Waals surface area contributed by atoms with E-state index in [4.69, 9.17) is 0 Å². The van der Waals surface area contributed by atoms with Gasteiger partial charge in [0.15, 0.2) is 0 Å². The quantitative estimate of drug-likeness (QED) is 0.750. The normalized spacial score (nSPS) is 27.7. The summed E-state index contributed by atoms with van der Waals surface area (Å²) in [6.45, 7) is 3.13. The third-order valence-electron chi connectivity index (χ3n) is 5.14. The van der Waals surface area contributed by atoms with Gasteiger partial charge in [0.25, 0.3) is 0 Å². The fourth-order valence-electron chi connectivity index (χ4n) is 3.72. The maximum Gasteiger partial charge on any atom is 0.0771 e. The van der Waals surface area contributed by atoms with Gasteiger partial charge in [-0.05, 0) is 38.5 Å². The van der Waals surface area contributed by atoms with Crippen molar-refractivity contribution in [1.82, 2.24) is 5.32 Å². The van der Waals surface area contributed by atoms with Crippen LogP contribution in [0.1, 0.15) is 77.6 Å². The average molecular weight is 253 g/mol. The Hall–Kier alpha value is -0.0800. The van der Waals surface area contributed by atoms with E-state index in [1.165, 1.54) is 57.8 Å². The molecule has 2 nitrogen and oxygen atoms in total. The third kappa shape index (κ3) is 4.24. The smallest absolute Gasteiger partial charge is 0.0771 e. The van der Waals surface area contributed by atoms with Crippen molar-refractivity contribution < 1.29 is 5.11 Å². The highest BCUT2D eigenvalue weighted by Gasteiger charge is 2.30. The minimum Gasteiger partial charge on any atom is -0.389 e. The van der Waals surface area contributed by atoms with Crippen LogP contribution in [0.15, 0.2) is 0 Å². The molecule has 18 heavy (non-hydrogen) atoms. The minimum absolute atomic E-state index is 0.406. The van der Waals surface area contributed by atoms with Gasteiger partial charge in [0.1, 0.15) is 0 Å². The Bertz CT molecular complexity index is 227. The highest BCUT2D eigenvalue weighted by atomic mass is 16.3. The zero-order chi connectivity index (χ0) is 12.8. The second kappa shape index (κ2) is 6.91. The lowest BCUT2D eigenvalue weighted by molar-refractivity contribution is 0.00134. The molecule has 0 spiro atoms. The maximum atomic E-state index is 10.5. The van der Waals surface area contributed by atoms with Crippen LogP contribution in [-0.2, 0) is 0 Å². The van der Waals surface area contributed by atoms with E-state index < -0.39 is 5.60 Å². The Balaban J connectivity index is 1.74. The molecule has 2 saturated carbocycles. The third-order valence-corrected chi connectivity index (χ3v) is 5.14. The van der Waals surface area contributed by atoms with E-state index in [9.17, 15) is 5.11 Å². The molecule has 2 aliphatic rings. The fourth-order valence-corrected chi connectivity index (χ4v) is 3.72. The molecular formula is C16H31NO. The standard InChI is InChI=1S/C16H31NO/c1-14(15-9-5-2-3-6-10-15)17-13-16(18)11-7-4-8-12-16/h14-15,17-18H,2-13H2,1H3/t14-/m0/s1. The van der Waals surface area contributed by atoms with Crippen molar-refractivity contribution in [2.75, 3.05) is 6.54 Å². The van der Waals surface area contributed by atoms with Crippen molar-refractivity contribution in [3.8, 4) is 0 Å². The van der Waals surface area contributed by atoms with Crippen molar-refractivity contribution in [3.05, 3.63) is 0 Å². The molecule has 1 atom stereocenters. The molecule has 0 aromatic heterocycles. The summed E-state index contributed by atoms with van der Waals surface area (Å²) < 4.78 is 0. The van der Waals surface area contributed by atoms with Gasteiger partial charge in [-0.25, -0.2) is 0 Å². The van der Waals surface area contributed by atoms with Crippen LogP contribution < -0.4 is 5.32 Å². The number of rotatable bonds is 4. The molecule has 0 aromatic rings. The molecule has 0 aliphatic heterocycles. The average Bonchev–Trinajstić information content (AvgIpc) is 2.66. The van der Waals surface area contributed by atoms with Gasteiger partial charge in [-0.2, -0.15) is 0 Å². The van der Waals surface area contributed by atoms with E-state index in [0.717, 1.165) is 25.3 Å². The Morgan fingerprint density at radius 2 is 1.56 bits per heavy atom. The molecular weight excluding hydrogens is 222 g/mol. The molecule has 0 amide bonds. The summed E-state index contributed by atoms with van der Waals surface area (Å²) in [5, 5.41) is 14.2. The largest absolute Gasteiger partial charge is 0.389 e. The molecule has 106 valence electrons. The summed E-state index contributed by atoms with van der Waals surface area (Å²) in [5.74, 6) is 0.833. The zero-order valence-corrected chi connectivity index (χ0v) is 12.1. The van der Waals surface area contributed by atoms with Crippen molar-refractivity contribution in [2.45, 2.75) is 89.2 Å². The summed E-state index contributed by atoms with van der Waals surface area (Å²) in [4.78, 5) is 0. The number of hydrogen-bond donors (Lipinski definition) is 2. The molecule has 2 heteroatoms. The van der Waals surface area contributed by atoms with Gasteiger partial charge in [-0.1, -0.05) is 44.9 Å². The summed E-state index contributed by atoms with van der Waals surface area (Å²) in [6, 6.07) is 0.578. The Kier molecular flexibility index (Phi) is 5.50. The molecule has 2 aliphatic carbocycles. The predicted molar refractivity (Wildman–Crippen MR) is 76.7 cm³/mol. The Morgan fingerprint density at radius 1 is 1.00 bits per heavy atom. The van der Waals surface area contributed by atoms with Gasteiger partial charge in [-0.15, -0.1) is 0 Å². The van der Waals surface area contributed by atoms with Gasteiger partial charge in [0, 0.05) is 12.6 Å². The first kappa shape index (κ1) is 14.3. The first-order valence-corrected chi connectivity index (χ1v) is 8.15. The fraction of sp³-hybridized carbons (Fsp3) is 1.00. The van der Waals surface area contributed by atoms with Crippen LogP contribution in [0.2, 0.25) is 0 Å². The van der Waals surface area contributed by atoms with Gasteiger partial charge in [0.05, 0.1) is 5.60 Å². The Morgan fingerprint density at radius 3 is 2.17 bits per heavy atom. The zero-order valence-electron chi connectivity index (χ0n) is 12.1. The molecule has 0 aromatic carbocycles. The molecule has 2 rings (SSSR count). The van der Waals surface area contributed by atoms with Gasteiger partial charge < -0.3 is 10.4 Å². The molecule has 2 fully saturated rings. The lowest BCUT2D eigenvalue weighted by atomic mass is 9.84. The number of aliphatic hydroxyl groups is 1. The van der Waals surface area contributed by atoms with Crippen molar-refractivity contribution in [3.63, 3.8) is 0 Å². The highest BCUT2D eigenvalue weighted by molar-refractivity contribution is 4.86. The van der Waals surface area contributed by atoms with E-state index in [2.05, 4.69) is 12.2 Å². The van der Waals surface area contributed by atoms with Crippen molar-refractivity contribution >= 4 is 0 Å². The molecule has 0 radical (unpaired) electrons. The Labute approximate surface area is 113 Å². The van der Waals surface area contributed by atoms with E-state index in [0.29, 0.717) is 6.04 Å². The lowest BCUT2D eigenvalue weighted by Gasteiger charge is -2.34. The molecule has 0 saturated heterocycles. The summed E-state index contributed by atoms with van der Waals surface area (Å²) in [6.07, 6.45) is 14.1. The predicted octanol–water partition coefficient (Wildman–Crippen LogP) is 3.63. The molecule has 0 heterocycles. The van der Waals surface area contributed by atoms with Crippen LogP contribution in [-0.4, -0.2) is 23.3 Å². The van der Waals surface area contributed by atoms with Gasteiger partial charge in [-0.3, -0.25) is 0 Å². The van der Waals surface area contributed by atoms with Crippen LogP contribution in [0.25, 0.3) is 0 Å². The molecule has 0 bridgehead atoms. The van der Waals surface area contributed by atoms with Gasteiger partial charge >= 0.3 is 0 Å². The lowest BCUT2D eigenvalue weighted by Crippen LogP contribution is -2.46. The van der Waals surface area contributed by atoms with Crippen LogP contribution in [0.4, 0.5) is 0 Å². The topological polar surface area (TPSA) is 32.3 Å². The minimum atomic E-state index is -0.406. The van der Waals surface area contributed by atoms with Crippen LogP contribution >= 0.6 is 0 Å². The van der Waals surface area contributed by atoms with E-state index in [1.54, 1.807) is 0 Å². The van der Waals surface area contributed by atoms with E-state index in [-0.39, 0.29) is 0 Å². The highest BCUT2D eigenvalue weighted by Crippen LogP contribution is 2.29. The summed E-state index contributed by atoms with van der Waals surface area (Å²) >= 11 is 0. The summed E-state index contributed by atoms with van der Waals surface area (Å²) in [5.41, 5.74) is -0.406. The summed E-state index contributed by atoms with van der Waals surface area (Å²) in [7, 11) is 0. The van der Waals surface area contributed by atoms with E-state index >= 15 is 0 Å². The first-order valence-electron chi connectivity index (χ1n) is 8.15. The second-order valence-electron chi connectivity index (χ2n) is 6.71. The maximum absolute atomic E-state index is 10.5. The second-order valence-corrected chi connectivity index (χ2v) is 6.71. The van der Waals surface area contributed by atoms with Crippen molar-refractivity contribution in [1.29, 1.82) is 0 Å². The number of nitrogens with one attached hydrogen (secondary N) is 1. The van der Waals surface area contributed by atoms with E-state index in [1.807, 2.05) is 0 Å². The van der Waals surface area contributed by atoms with Crippen LogP contribution in [0, 0.1) is 5.92 Å². The van der Waals surface area contributed by atoms with Gasteiger partial charge in [0.2, 0.25) is 0 Å². The van der Waals surface area contributed by atoms with Crippen molar-refractivity contribution in [2.24, 2.45) is 5.92 Å². The molecule has 2 N–H and O–H groups in total. The van der Waals surface area contributed by atoms with Crippen LogP contribution in [0.5, 0.6) is 0 Å². The first-order chi connectivity index (χ1) is 8.70. The molecule has 0 unspecified atom stereocenters.